The molecule has 3 rings (SSSR count). The Balaban J connectivity index is 0. The van der Waals surface area contributed by atoms with Crippen LogP contribution in [0.15, 0.2) is 60.2 Å². The Kier molecular flexibility index (Phi) is 16.4. The molecule has 1 aliphatic carbocycles. The van der Waals surface area contributed by atoms with Crippen molar-refractivity contribution in [1.29, 1.82) is 0 Å². The lowest BCUT2D eigenvalue weighted by Gasteiger charge is -2.21. The molecule has 0 radical (unpaired) electrons. The Morgan fingerprint density at radius 2 is 1.39 bits per heavy atom. The van der Waals surface area contributed by atoms with E-state index in [1.807, 2.05) is 26.7 Å². The topological polar surface area (TPSA) is 34.1 Å². The molecule has 0 unspecified atom stereocenters. The van der Waals surface area contributed by atoms with Gasteiger partial charge in [0.15, 0.2) is 5.78 Å². The molecule has 4 heteroatoms. The number of allylic oxidation sites excluding steroid dienone is 4. The number of benzene rings is 2. The molecule has 0 fully saturated rings. The Morgan fingerprint density at radius 3 is 1.67 bits per heavy atom. The number of aryl methyl sites for hydroxylation is 1. The summed E-state index contributed by atoms with van der Waals surface area (Å²) in [6.45, 7) is 19.9. The van der Waals surface area contributed by atoms with Crippen molar-refractivity contribution in [3.63, 3.8) is 0 Å². The van der Waals surface area contributed by atoms with Crippen molar-refractivity contribution in [3.05, 3.63) is 88.5 Å². The second-order valence-electron chi connectivity index (χ2n) is 8.12. The van der Waals surface area contributed by atoms with E-state index in [-0.39, 0.29) is 16.8 Å². The third-order valence-electron chi connectivity index (χ3n) is 4.60. The molecule has 2 aromatic carbocycles. The molecule has 1 aliphatic rings. The monoisotopic (exact) mass is 458 g/mol. The van der Waals surface area contributed by atoms with Gasteiger partial charge in [-0.3, -0.25) is 4.79 Å². The molecular weight excluding hydrogens is 418 g/mol. The fourth-order valence-electron chi connectivity index (χ4n) is 2.77. The van der Waals surface area contributed by atoms with E-state index in [9.17, 15) is 13.6 Å². The van der Waals surface area contributed by atoms with Crippen molar-refractivity contribution in [3.8, 4) is 0 Å². The lowest BCUT2D eigenvalue weighted by Crippen LogP contribution is -2.12. The Morgan fingerprint density at radius 1 is 0.939 bits per heavy atom. The molecule has 0 aliphatic heterocycles. The summed E-state index contributed by atoms with van der Waals surface area (Å²) in [6, 6.07) is 12.4. The van der Waals surface area contributed by atoms with Crippen LogP contribution in [-0.2, 0) is 15.0 Å². The van der Waals surface area contributed by atoms with Crippen LogP contribution >= 0.6 is 0 Å². The zero-order valence-electron chi connectivity index (χ0n) is 21.7. The van der Waals surface area contributed by atoms with Crippen LogP contribution in [0.4, 0.5) is 8.78 Å². The van der Waals surface area contributed by atoms with Crippen LogP contribution in [0, 0.1) is 18.6 Å². The zero-order valence-corrected chi connectivity index (χ0v) is 21.7. The molecule has 0 aromatic heterocycles. The lowest BCUT2D eigenvalue weighted by atomic mass is 9.84. The van der Waals surface area contributed by atoms with Gasteiger partial charge in [-0.2, -0.15) is 0 Å². The van der Waals surface area contributed by atoms with Gasteiger partial charge < -0.3 is 4.79 Å². The zero-order chi connectivity index (χ0) is 26.2. The SMILES string of the molecule is C/C=C(/C)c1c(F)cccc1F.C=O.CC.CC(=O)C1=CC1.Cc1ccccc1C(C)(C)C. The molecule has 0 spiro atoms. The molecule has 33 heavy (non-hydrogen) atoms. The summed E-state index contributed by atoms with van der Waals surface area (Å²) >= 11 is 0. The van der Waals surface area contributed by atoms with E-state index in [2.05, 4.69) is 52.0 Å². The molecule has 0 atom stereocenters. The average molecular weight is 459 g/mol. The molecule has 2 nitrogen and oxygen atoms in total. The number of carbonyl (C=O) groups is 2. The second-order valence-corrected chi connectivity index (χ2v) is 8.12. The summed E-state index contributed by atoms with van der Waals surface area (Å²) < 4.78 is 26.0. The Labute approximate surface area is 199 Å². The van der Waals surface area contributed by atoms with Gasteiger partial charge in [-0.15, -0.1) is 0 Å². The van der Waals surface area contributed by atoms with Crippen molar-refractivity contribution in [2.45, 2.75) is 74.1 Å². The van der Waals surface area contributed by atoms with Crippen molar-refractivity contribution < 1.29 is 18.4 Å². The Bertz CT molecular complexity index is 899. The molecule has 0 N–H and O–H groups in total. The maximum Gasteiger partial charge on any atom is 0.155 e. The summed E-state index contributed by atoms with van der Waals surface area (Å²) in [5.74, 6) is -0.786. The number of rotatable bonds is 2. The maximum absolute atomic E-state index is 13.0. The molecular formula is C29H40F2O2. The van der Waals surface area contributed by atoms with Gasteiger partial charge in [-0.05, 0) is 73.9 Å². The number of hydrogen-bond donors (Lipinski definition) is 0. The van der Waals surface area contributed by atoms with Gasteiger partial charge in [-0.1, -0.05) is 77.1 Å². The fraction of sp³-hybridized carbons (Fsp3) is 0.379. The second kappa shape index (κ2) is 16.7. The first-order valence-electron chi connectivity index (χ1n) is 11.1. The van der Waals surface area contributed by atoms with Crippen molar-refractivity contribution >= 4 is 18.1 Å². The highest BCUT2D eigenvalue weighted by atomic mass is 19.1. The smallest absolute Gasteiger partial charge is 0.155 e. The summed E-state index contributed by atoms with van der Waals surface area (Å²) in [7, 11) is 0. The molecule has 0 heterocycles. The maximum atomic E-state index is 13.0. The minimum Gasteiger partial charge on any atom is -0.307 e. The third kappa shape index (κ3) is 12.7. The van der Waals surface area contributed by atoms with Crippen molar-refractivity contribution in [1.82, 2.24) is 0 Å². The molecule has 0 saturated heterocycles. The molecule has 0 amide bonds. The minimum atomic E-state index is -0.509. The Hall–Kier alpha value is -2.88. The lowest BCUT2D eigenvalue weighted by molar-refractivity contribution is -0.113. The highest BCUT2D eigenvalue weighted by Crippen LogP contribution is 2.24. The normalized spacial score (nSPS) is 11.5. The first-order valence-corrected chi connectivity index (χ1v) is 11.1. The molecule has 2 aromatic rings. The molecule has 182 valence electrons. The van der Waals surface area contributed by atoms with Gasteiger partial charge in [0, 0.05) is 5.56 Å². The summed E-state index contributed by atoms with van der Waals surface area (Å²) in [5, 5.41) is 0. The van der Waals surface area contributed by atoms with Crippen LogP contribution in [0.3, 0.4) is 0 Å². The van der Waals surface area contributed by atoms with Crippen LogP contribution in [0.2, 0.25) is 0 Å². The van der Waals surface area contributed by atoms with E-state index < -0.39 is 11.6 Å². The minimum absolute atomic E-state index is 0.0694. The van der Waals surface area contributed by atoms with Gasteiger partial charge >= 0.3 is 0 Å². The van der Waals surface area contributed by atoms with E-state index in [0.717, 1.165) is 12.0 Å². The number of carbonyl (C=O) groups excluding carboxylic acids is 2. The number of hydrogen-bond acceptors (Lipinski definition) is 2. The van der Waals surface area contributed by atoms with Gasteiger partial charge in [0.2, 0.25) is 0 Å². The third-order valence-corrected chi connectivity index (χ3v) is 4.60. The van der Waals surface area contributed by atoms with Crippen LogP contribution < -0.4 is 0 Å². The van der Waals surface area contributed by atoms with Crippen molar-refractivity contribution in [2.75, 3.05) is 0 Å². The van der Waals surface area contributed by atoms with E-state index >= 15 is 0 Å². The van der Waals surface area contributed by atoms with Gasteiger partial charge in [-0.25, -0.2) is 8.78 Å². The fourth-order valence-corrected chi connectivity index (χ4v) is 2.77. The summed E-state index contributed by atoms with van der Waals surface area (Å²) in [4.78, 5) is 18.1. The quantitative estimate of drug-likeness (QED) is 0.452. The van der Waals surface area contributed by atoms with Crippen molar-refractivity contribution in [2.24, 2.45) is 0 Å². The number of halogens is 2. The first kappa shape index (κ1) is 32.3. The van der Waals surface area contributed by atoms with E-state index in [1.54, 1.807) is 26.8 Å². The van der Waals surface area contributed by atoms with E-state index in [0.29, 0.717) is 5.57 Å². The standard InChI is InChI=1S/C11H16.C10H10F2.C5H6O.C2H6.CH2O/c1-9-7-5-6-8-10(9)11(2,3)4;1-3-7(2)10-8(11)5-4-6-9(10)12;1-4(6)5-2-3-5;2*1-2/h5-8H,1-4H3;3-6H,1-2H3;2H,3H2,1H3;1-2H3;1H2/b;7-3-;;;. The van der Waals surface area contributed by atoms with Gasteiger partial charge in [0.05, 0.1) is 0 Å². The van der Waals surface area contributed by atoms with Crippen LogP contribution in [-0.4, -0.2) is 12.6 Å². The van der Waals surface area contributed by atoms with E-state index in [1.165, 1.54) is 29.3 Å². The highest BCUT2D eigenvalue weighted by molar-refractivity contribution is 5.97. The van der Waals surface area contributed by atoms with E-state index in [4.69, 9.17) is 4.79 Å². The predicted molar refractivity (Wildman–Crippen MR) is 137 cm³/mol. The highest BCUT2D eigenvalue weighted by Gasteiger charge is 2.14. The summed E-state index contributed by atoms with van der Waals surface area (Å²) in [5.41, 5.74) is 4.80. The van der Waals surface area contributed by atoms with Crippen LogP contribution in [0.5, 0.6) is 0 Å². The van der Waals surface area contributed by atoms with Crippen LogP contribution in [0.25, 0.3) is 5.57 Å². The predicted octanol–water partition coefficient (Wildman–Crippen LogP) is 8.43. The van der Waals surface area contributed by atoms with Gasteiger partial charge in [0.1, 0.15) is 18.4 Å². The molecule has 0 bridgehead atoms. The number of Topliss-reactive ketones (excluding diaryl/α,β-unsaturated/α-hetero) is 1. The first-order chi connectivity index (χ1) is 15.5. The van der Waals surface area contributed by atoms with Crippen LogP contribution in [0.1, 0.15) is 78.5 Å². The van der Waals surface area contributed by atoms with Gasteiger partial charge in [0.25, 0.3) is 0 Å². The summed E-state index contributed by atoms with van der Waals surface area (Å²) in [6.07, 6.45) is 4.55. The number of ketones is 1. The average Bonchev–Trinajstić information content (AvgIpc) is 3.62. The largest absolute Gasteiger partial charge is 0.307 e. The molecule has 0 saturated carbocycles.